The molecule has 0 fully saturated rings. The Morgan fingerprint density at radius 1 is 1.27 bits per heavy atom. The number of amides is 1. The van der Waals surface area contributed by atoms with E-state index in [9.17, 15) is 14.4 Å². The Morgan fingerprint density at radius 3 is 2.70 bits per heavy atom. The van der Waals surface area contributed by atoms with Crippen LogP contribution in [0.15, 0.2) is 47.8 Å². The number of rotatable bonds is 3. The summed E-state index contributed by atoms with van der Waals surface area (Å²) in [6.45, 7) is 4.14. The number of nitrogens with one attached hydrogen (secondary N) is 2. The maximum absolute atomic E-state index is 11.6. The predicted octanol–water partition coefficient (Wildman–Crippen LogP) is 2.16. The van der Waals surface area contributed by atoms with Gasteiger partial charge in [-0.3, -0.25) is 9.59 Å². The number of hydrogen-bond donors (Lipinski definition) is 4. The van der Waals surface area contributed by atoms with Crippen molar-refractivity contribution in [3.63, 3.8) is 0 Å². The van der Waals surface area contributed by atoms with Crippen molar-refractivity contribution in [2.24, 2.45) is 5.73 Å². The van der Waals surface area contributed by atoms with Gasteiger partial charge in [0.15, 0.2) is 6.61 Å². The van der Waals surface area contributed by atoms with E-state index in [0.717, 1.165) is 11.1 Å². The number of nitrogens with zero attached hydrogens (tertiary/aromatic N) is 1. The van der Waals surface area contributed by atoms with Gasteiger partial charge in [0, 0.05) is 6.54 Å². The van der Waals surface area contributed by atoms with Crippen molar-refractivity contribution in [3.05, 3.63) is 70.3 Å². The van der Waals surface area contributed by atoms with E-state index in [0.29, 0.717) is 28.9 Å². The second-order valence-electron chi connectivity index (χ2n) is 6.07. The third kappa shape index (κ3) is 5.02. The lowest BCUT2D eigenvalue weighted by molar-refractivity contribution is -0.118. The highest BCUT2D eigenvalue weighted by molar-refractivity contribution is 5.95. The molecule has 2 aromatic carbocycles. The summed E-state index contributed by atoms with van der Waals surface area (Å²) < 4.78 is 5.18. The van der Waals surface area contributed by atoms with Crippen LogP contribution in [0.5, 0.6) is 5.75 Å². The third-order valence-corrected chi connectivity index (χ3v) is 4.08. The van der Waals surface area contributed by atoms with Gasteiger partial charge in [0.2, 0.25) is 5.82 Å². The average Bonchev–Trinajstić information content (AvgIpc) is 2.73. The van der Waals surface area contributed by atoms with Gasteiger partial charge in [-0.1, -0.05) is 24.8 Å². The number of benzene rings is 2. The smallest absolute Gasteiger partial charge is 0.372 e. The van der Waals surface area contributed by atoms with Crippen LogP contribution in [0, 0.1) is 0 Å². The first-order valence-electron chi connectivity index (χ1n) is 8.56. The number of anilines is 1. The van der Waals surface area contributed by atoms with Crippen molar-refractivity contribution in [1.29, 1.82) is 0 Å². The highest BCUT2D eigenvalue weighted by atomic mass is 35.5. The Labute approximate surface area is 177 Å². The molecule has 2 heterocycles. The van der Waals surface area contributed by atoms with Gasteiger partial charge in [-0.25, -0.2) is 9.78 Å². The zero-order chi connectivity index (χ0) is 21.0. The van der Waals surface area contributed by atoms with Crippen molar-refractivity contribution >= 4 is 46.9 Å². The lowest BCUT2D eigenvalue weighted by Crippen LogP contribution is -2.25. The Bertz CT molecular complexity index is 1180. The van der Waals surface area contributed by atoms with Crippen LogP contribution in [0.2, 0.25) is 0 Å². The first-order chi connectivity index (χ1) is 13.9. The molecule has 0 unspecified atom stereocenters. The van der Waals surface area contributed by atoms with E-state index in [2.05, 4.69) is 21.9 Å². The summed E-state index contributed by atoms with van der Waals surface area (Å²) in [6, 6.07) is 10.4. The number of fused-ring (bicyclic) bond motifs is 2. The molecular formula is C20H19ClN4O5. The monoisotopic (exact) mass is 430 g/mol. The molecule has 156 valence electrons. The van der Waals surface area contributed by atoms with Crippen molar-refractivity contribution in [3.8, 4) is 5.75 Å². The van der Waals surface area contributed by atoms with Gasteiger partial charge in [-0.05, 0) is 35.4 Å². The fourth-order valence-electron chi connectivity index (χ4n) is 2.64. The minimum Gasteiger partial charge on any atom is -0.482 e. The summed E-state index contributed by atoms with van der Waals surface area (Å²) in [6.07, 6.45) is 1.60. The van der Waals surface area contributed by atoms with E-state index in [1.807, 2.05) is 18.2 Å². The number of carboxylic acid groups (broad SMARTS) is 1. The molecule has 30 heavy (non-hydrogen) atoms. The summed E-state index contributed by atoms with van der Waals surface area (Å²) in [5.74, 6) is -1.03. The number of carboxylic acids is 1. The second kappa shape index (κ2) is 9.68. The van der Waals surface area contributed by atoms with Crippen molar-refractivity contribution in [2.75, 3.05) is 11.9 Å². The minimum absolute atomic E-state index is 0. The molecule has 3 aromatic rings. The van der Waals surface area contributed by atoms with Crippen molar-refractivity contribution in [2.45, 2.75) is 6.54 Å². The lowest BCUT2D eigenvalue weighted by Gasteiger charge is -2.18. The van der Waals surface area contributed by atoms with Gasteiger partial charge in [0.05, 0.1) is 16.6 Å². The highest BCUT2D eigenvalue weighted by Crippen LogP contribution is 2.28. The molecule has 0 bridgehead atoms. The Balaban J connectivity index is 0.000000211. The Hall–Kier alpha value is -3.69. The molecule has 0 saturated heterocycles. The van der Waals surface area contributed by atoms with Crippen LogP contribution in [0.25, 0.3) is 17.0 Å². The van der Waals surface area contributed by atoms with E-state index in [1.54, 1.807) is 24.3 Å². The molecule has 1 aliphatic rings. The number of nitrogens with two attached hydrogens (primary N) is 1. The van der Waals surface area contributed by atoms with Gasteiger partial charge in [-0.15, -0.1) is 12.4 Å². The molecule has 9 nitrogen and oxygen atoms in total. The number of aromatic carboxylic acids is 1. The SMILES string of the molecule is C=Cc1ccc2nc(C(=O)O)[nH]c(=O)c2c1.Cl.NCc1ccc2c(c1)NC(=O)CO2. The zero-order valence-corrected chi connectivity index (χ0v) is 16.5. The maximum atomic E-state index is 11.6. The molecular weight excluding hydrogens is 412 g/mol. The van der Waals surface area contributed by atoms with Crippen LogP contribution in [-0.4, -0.2) is 33.6 Å². The standard InChI is InChI=1S/C11H8N2O3.C9H10N2O2.ClH/c1-2-6-3-4-8-7(5-6)10(14)13-9(12-8)11(15)16;10-4-6-1-2-8-7(3-6)11-9(12)5-13-8;/h2-5H,1H2,(H,15,16)(H,12,13,14);1-3H,4-5,10H2,(H,11,12);1H. The number of aromatic amines is 1. The minimum atomic E-state index is -1.26. The summed E-state index contributed by atoms with van der Waals surface area (Å²) in [5.41, 5.74) is 7.82. The number of carbonyl (C=O) groups excluding carboxylic acids is 1. The molecule has 1 aliphatic heterocycles. The number of ether oxygens (including phenoxy) is 1. The summed E-state index contributed by atoms with van der Waals surface area (Å²) >= 11 is 0. The number of carbonyl (C=O) groups is 2. The quantitative estimate of drug-likeness (QED) is 0.497. The fraction of sp³-hybridized carbons (Fsp3) is 0.100. The molecule has 1 aromatic heterocycles. The van der Waals surface area contributed by atoms with Gasteiger partial charge in [0.1, 0.15) is 5.75 Å². The Kier molecular flexibility index (Phi) is 7.29. The maximum Gasteiger partial charge on any atom is 0.372 e. The van der Waals surface area contributed by atoms with Crippen molar-refractivity contribution in [1.82, 2.24) is 9.97 Å². The molecule has 0 radical (unpaired) electrons. The van der Waals surface area contributed by atoms with Crippen molar-refractivity contribution < 1.29 is 19.4 Å². The van der Waals surface area contributed by atoms with Crippen LogP contribution in [0.3, 0.4) is 0 Å². The number of hydrogen-bond acceptors (Lipinski definition) is 6. The van der Waals surface area contributed by atoms with Crippen LogP contribution < -0.4 is 21.3 Å². The Morgan fingerprint density at radius 2 is 2.03 bits per heavy atom. The average molecular weight is 431 g/mol. The van der Waals surface area contributed by atoms with Crippen LogP contribution >= 0.6 is 12.4 Å². The molecule has 0 spiro atoms. The number of H-pyrrole nitrogens is 1. The molecule has 10 heteroatoms. The van der Waals surface area contributed by atoms with Gasteiger partial charge in [-0.2, -0.15) is 0 Å². The van der Waals surface area contributed by atoms with E-state index in [4.69, 9.17) is 15.6 Å². The molecule has 4 rings (SSSR count). The van der Waals surface area contributed by atoms with E-state index >= 15 is 0 Å². The first-order valence-corrected chi connectivity index (χ1v) is 8.56. The number of halogens is 1. The second-order valence-corrected chi connectivity index (χ2v) is 6.07. The zero-order valence-electron chi connectivity index (χ0n) is 15.7. The molecule has 0 aliphatic carbocycles. The number of aromatic nitrogens is 2. The van der Waals surface area contributed by atoms with Gasteiger partial charge >= 0.3 is 5.97 Å². The summed E-state index contributed by atoms with van der Waals surface area (Å²) in [4.78, 5) is 39.2. The van der Waals surface area contributed by atoms with E-state index in [1.165, 1.54) is 0 Å². The molecule has 1 amide bonds. The first kappa shape index (κ1) is 22.6. The van der Waals surface area contributed by atoms with E-state index in [-0.39, 0.29) is 30.7 Å². The van der Waals surface area contributed by atoms with Gasteiger partial charge in [0.25, 0.3) is 11.5 Å². The van der Waals surface area contributed by atoms with Gasteiger partial charge < -0.3 is 25.9 Å². The molecule has 0 saturated carbocycles. The molecule has 5 N–H and O–H groups in total. The molecule has 0 atom stereocenters. The fourth-order valence-corrected chi connectivity index (χ4v) is 2.64. The largest absolute Gasteiger partial charge is 0.482 e. The summed E-state index contributed by atoms with van der Waals surface area (Å²) in [7, 11) is 0. The third-order valence-electron chi connectivity index (χ3n) is 4.08. The normalized spacial score (nSPS) is 11.7. The van der Waals surface area contributed by atoms with Crippen LogP contribution in [0.4, 0.5) is 5.69 Å². The predicted molar refractivity (Wildman–Crippen MR) is 115 cm³/mol. The van der Waals surface area contributed by atoms with E-state index < -0.39 is 11.5 Å². The topological polar surface area (TPSA) is 147 Å². The van der Waals surface area contributed by atoms with Crippen LogP contribution in [0.1, 0.15) is 21.7 Å². The summed E-state index contributed by atoms with van der Waals surface area (Å²) in [5, 5.41) is 11.8. The lowest BCUT2D eigenvalue weighted by atomic mass is 10.1. The van der Waals surface area contributed by atoms with Crippen LogP contribution in [-0.2, 0) is 11.3 Å². The highest BCUT2D eigenvalue weighted by Gasteiger charge is 2.15.